The predicted octanol–water partition coefficient (Wildman–Crippen LogP) is -1.40. The van der Waals surface area contributed by atoms with E-state index in [0.717, 1.165) is 5.46 Å². The lowest BCUT2D eigenvalue weighted by Gasteiger charge is -2.07. The van der Waals surface area contributed by atoms with Crippen molar-refractivity contribution in [3.8, 4) is 0 Å². The SMILES string of the molecule is Bc1ccc(NC(=O)CNCCO)c(F)c1. The van der Waals surface area contributed by atoms with Crippen LogP contribution in [0.5, 0.6) is 0 Å². The Labute approximate surface area is 94.3 Å². The molecule has 0 saturated carbocycles. The molecule has 0 fully saturated rings. The third kappa shape index (κ3) is 4.00. The molecule has 16 heavy (non-hydrogen) atoms. The predicted molar refractivity (Wildman–Crippen MR) is 63.2 cm³/mol. The van der Waals surface area contributed by atoms with E-state index < -0.39 is 5.82 Å². The monoisotopic (exact) mass is 224 g/mol. The molecule has 0 heterocycles. The molecule has 1 aromatic carbocycles. The molecule has 86 valence electrons. The van der Waals surface area contributed by atoms with Crippen LogP contribution in [0.4, 0.5) is 10.1 Å². The van der Waals surface area contributed by atoms with Crippen LogP contribution >= 0.6 is 0 Å². The number of amides is 1. The highest BCUT2D eigenvalue weighted by Gasteiger charge is 2.06. The first-order valence-electron chi connectivity index (χ1n) is 5.01. The van der Waals surface area contributed by atoms with Gasteiger partial charge < -0.3 is 15.7 Å². The van der Waals surface area contributed by atoms with E-state index >= 15 is 0 Å². The Morgan fingerprint density at radius 2 is 2.25 bits per heavy atom. The van der Waals surface area contributed by atoms with Gasteiger partial charge in [0, 0.05) is 6.54 Å². The molecule has 4 nitrogen and oxygen atoms in total. The molecule has 0 unspecified atom stereocenters. The average Bonchev–Trinajstić information content (AvgIpc) is 2.23. The number of hydrogen-bond donors (Lipinski definition) is 3. The lowest BCUT2D eigenvalue weighted by atomic mass is 9.96. The molecule has 0 aliphatic rings. The summed E-state index contributed by atoms with van der Waals surface area (Å²) in [6.45, 7) is 0.351. The number of hydrogen-bond acceptors (Lipinski definition) is 3. The number of aliphatic hydroxyl groups is 1. The summed E-state index contributed by atoms with van der Waals surface area (Å²) in [7, 11) is 1.78. The van der Waals surface area contributed by atoms with Crippen LogP contribution in [0.2, 0.25) is 0 Å². The summed E-state index contributed by atoms with van der Waals surface area (Å²) >= 11 is 0. The van der Waals surface area contributed by atoms with Crippen LogP contribution < -0.4 is 16.1 Å². The normalized spacial score (nSPS) is 10.1. The summed E-state index contributed by atoms with van der Waals surface area (Å²) in [6, 6.07) is 4.60. The van der Waals surface area contributed by atoms with Crippen LogP contribution in [0.3, 0.4) is 0 Å². The smallest absolute Gasteiger partial charge is 0.238 e. The molecule has 1 aromatic rings. The molecule has 0 aliphatic heterocycles. The Balaban J connectivity index is 2.49. The van der Waals surface area contributed by atoms with Gasteiger partial charge in [-0.2, -0.15) is 0 Å². The van der Waals surface area contributed by atoms with Crippen molar-refractivity contribution in [1.29, 1.82) is 0 Å². The van der Waals surface area contributed by atoms with Crippen molar-refractivity contribution in [2.75, 3.05) is 25.0 Å². The van der Waals surface area contributed by atoms with Crippen LogP contribution in [0, 0.1) is 5.82 Å². The molecule has 3 N–H and O–H groups in total. The zero-order valence-corrected chi connectivity index (χ0v) is 9.09. The molecule has 6 heteroatoms. The number of nitrogens with one attached hydrogen (secondary N) is 2. The second-order valence-electron chi connectivity index (χ2n) is 3.43. The fourth-order valence-electron chi connectivity index (χ4n) is 1.20. The Morgan fingerprint density at radius 3 is 2.88 bits per heavy atom. The van der Waals surface area contributed by atoms with Crippen LogP contribution in [0.25, 0.3) is 0 Å². The van der Waals surface area contributed by atoms with Crippen molar-refractivity contribution >= 4 is 24.9 Å². The minimum atomic E-state index is -0.449. The van der Waals surface area contributed by atoms with Crippen molar-refractivity contribution in [1.82, 2.24) is 5.32 Å². The summed E-state index contributed by atoms with van der Waals surface area (Å²) in [5.74, 6) is -0.785. The van der Waals surface area contributed by atoms with Crippen molar-refractivity contribution in [2.45, 2.75) is 0 Å². The quantitative estimate of drug-likeness (QED) is 0.426. The highest BCUT2D eigenvalue weighted by Crippen LogP contribution is 2.10. The van der Waals surface area contributed by atoms with Crippen molar-refractivity contribution in [2.24, 2.45) is 0 Å². The largest absolute Gasteiger partial charge is 0.395 e. The number of benzene rings is 1. The van der Waals surface area contributed by atoms with Gasteiger partial charge in [-0.15, -0.1) is 0 Å². The first kappa shape index (κ1) is 12.7. The molecule has 0 bridgehead atoms. The van der Waals surface area contributed by atoms with Crippen molar-refractivity contribution in [3.63, 3.8) is 0 Å². The fourth-order valence-corrected chi connectivity index (χ4v) is 1.20. The summed E-state index contributed by atoms with van der Waals surface area (Å²) in [4.78, 5) is 11.3. The second-order valence-corrected chi connectivity index (χ2v) is 3.43. The molecular weight excluding hydrogens is 210 g/mol. The number of aliphatic hydroxyl groups excluding tert-OH is 1. The number of halogens is 1. The maximum Gasteiger partial charge on any atom is 0.238 e. The third-order valence-electron chi connectivity index (χ3n) is 1.97. The topological polar surface area (TPSA) is 61.4 Å². The molecule has 0 spiro atoms. The number of anilines is 1. The number of carbonyl (C=O) groups is 1. The van der Waals surface area contributed by atoms with Crippen LogP contribution in [-0.4, -0.2) is 38.6 Å². The first-order valence-corrected chi connectivity index (χ1v) is 5.01. The van der Waals surface area contributed by atoms with Gasteiger partial charge in [-0.3, -0.25) is 4.79 Å². The van der Waals surface area contributed by atoms with E-state index in [-0.39, 0.29) is 24.7 Å². The highest BCUT2D eigenvalue weighted by atomic mass is 19.1. The van der Waals surface area contributed by atoms with E-state index in [4.69, 9.17) is 5.11 Å². The van der Waals surface area contributed by atoms with Gasteiger partial charge >= 0.3 is 0 Å². The van der Waals surface area contributed by atoms with Gasteiger partial charge in [0.1, 0.15) is 13.7 Å². The van der Waals surface area contributed by atoms with Crippen molar-refractivity contribution < 1.29 is 14.3 Å². The summed E-state index contributed by atoms with van der Waals surface area (Å²) in [5, 5.41) is 13.6. The lowest BCUT2D eigenvalue weighted by Crippen LogP contribution is -2.30. The molecular formula is C10H14BFN2O2. The van der Waals surface area contributed by atoms with Crippen LogP contribution in [-0.2, 0) is 4.79 Å². The Hall–Kier alpha value is -1.40. The minimum Gasteiger partial charge on any atom is -0.395 e. The standard InChI is InChI=1S/C10H14BFN2O2/c11-7-1-2-9(8(12)5-7)14-10(16)6-13-3-4-15/h1-2,5,13,15H,3-4,6,11H2,(H,14,16). The highest BCUT2D eigenvalue weighted by molar-refractivity contribution is 6.32. The maximum atomic E-state index is 13.3. The first-order chi connectivity index (χ1) is 7.63. The van der Waals surface area contributed by atoms with E-state index in [1.54, 1.807) is 13.9 Å². The molecule has 0 radical (unpaired) electrons. The molecule has 1 rings (SSSR count). The number of rotatable bonds is 5. The maximum absolute atomic E-state index is 13.3. The zero-order chi connectivity index (χ0) is 12.0. The number of carbonyl (C=O) groups excluding carboxylic acids is 1. The van der Waals surface area contributed by atoms with Crippen LogP contribution in [0.1, 0.15) is 0 Å². The van der Waals surface area contributed by atoms with Crippen LogP contribution in [0.15, 0.2) is 18.2 Å². The second kappa shape index (κ2) is 6.24. The van der Waals surface area contributed by atoms with Gasteiger partial charge in [0.05, 0.1) is 18.8 Å². The molecule has 0 atom stereocenters. The van der Waals surface area contributed by atoms with Gasteiger partial charge in [-0.25, -0.2) is 4.39 Å². The molecule has 0 aromatic heterocycles. The minimum absolute atomic E-state index is 0.0355. The van der Waals surface area contributed by atoms with E-state index in [2.05, 4.69) is 10.6 Å². The van der Waals surface area contributed by atoms with Gasteiger partial charge in [0.25, 0.3) is 0 Å². The Morgan fingerprint density at radius 1 is 1.50 bits per heavy atom. The van der Waals surface area contributed by atoms with E-state index in [9.17, 15) is 9.18 Å². The summed E-state index contributed by atoms with van der Waals surface area (Å²) in [5.41, 5.74) is 0.968. The average molecular weight is 224 g/mol. The molecule has 1 amide bonds. The Kier molecular flexibility index (Phi) is 4.95. The van der Waals surface area contributed by atoms with Gasteiger partial charge in [-0.1, -0.05) is 11.5 Å². The third-order valence-corrected chi connectivity index (χ3v) is 1.97. The van der Waals surface area contributed by atoms with Crippen molar-refractivity contribution in [3.05, 3.63) is 24.0 Å². The lowest BCUT2D eigenvalue weighted by molar-refractivity contribution is -0.115. The molecule has 0 aliphatic carbocycles. The van der Waals surface area contributed by atoms with Gasteiger partial charge in [0.2, 0.25) is 5.91 Å². The summed E-state index contributed by atoms with van der Waals surface area (Å²) in [6.07, 6.45) is 0. The zero-order valence-electron chi connectivity index (χ0n) is 9.09. The van der Waals surface area contributed by atoms with Gasteiger partial charge in [0.15, 0.2) is 0 Å². The van der Waals surface area contributed by atoms with E-state index in [1.807, 2.05) is 0 Å². The Bertz CT molecular complexity index is 374. The fraction of sp³-hybridized carbons (Fsp3) is 0.300. The van der Waals surface area contributed by atoms with E-state index in [1.165, 1.54) is 12.1 Å². The molecule has 0 saturated heterocycles. The summed E-state index contributed by atoms with van der Waals surface area (Å²) < 4.78 is 13.3. The van der Waals surface area contributed by atoms with Gasteiger partial charge in [-0.05, 0) is 12.1 Å². The van der Waals surface area contributed by atoms with E-state index in [0.29, 0.717) is 6.54 Å².